The molecule has 0 saturated heterocycles. The fourth-order valence-electron chi connectivity index (χ4n) is 1.87. The quantitative estimate of drug-likeness (QED) is 0.725. The lowest BCUT2D eigenvalue weighted by atomic mass is 10.0. The summed E-state index contributed by atoms with van der Waals surface area (Å²) >= 11 is 1.49. The van der Waals surface area contributed by atoms with Gasteiger partial charge in [-0.1, -0.05) is 5.16 Å². The molecule has 2 N–H and O–H groups in total. The van der Waals surface area contributed by atoms with Crippen molar-refractivity contribution in [1.82, 2.24) is 15.1 Å². The number of nitrogens with two attached hydrogens (primary N) is 1. The largest absolute Gasteiger partial charge is 0.399 e. The Bertz CT molecular complexity index is 718. The highest BCUT2D eigenvalue weighted by molar-refractivity contribution is 7.07. The van der Waals surface area contributed by atoms with Gasteiger partial charge in [0.15, 0.2) is 0 Å². The van der Waals surface area contributed by atoms with E-state index < -0.39 is 0 Å². The molecule has 3 aromatic rings. The van der Waals surface area contributed by atoms with Crippen LogP contribution in [0.15, 0.2) is 27.5 Å². The van der Waals surface area contributed by atoms with E-state index in [0.29, 0.717) is 17.4 Å². The van der Waals surface area contributed by atoms with Gasteiger partial charge in [0, 0.05) is 16.6 Å². The van der Waals surface area contributed by atoms with Crippen molar-refractivity contribution in [3.8, 4) is 23.0 Å². The second-order valence-electron chi connectivity index (χ2n) is 4.31. The Hall–Kier alpha value is -2.21. The van der Waals surface area contributed by atoms with Crippen LogP contribution < -0.4 is 5.73 Å². The summed E-state index contributed by atoms with van der Waals surface area (Å²) in [4.78, 5) is 8.54. The van der Waals surface area contributed by atoms with Gasteiger partial charge < -0.3 is 10.3 Å². The molecule has 0 radical (unpaired) electrons. The summed E-state index contributed by atoms with van der Waals surface area (Å²) in [5.74, 6) is 0.964. The van der Waals surface area contributed by atoms with Crippen molar-refractivity contribution >= 4 is 17.0 Å². The van der Waals surface area contributed by atoms with Crippen molar-refractivity contribution in [3.63, 3.8) is 0 Å². The molecule has 0 aliphatic carbocycles. The molecule has 6 heteroatoms. The predicted octanol–water partition coefficient (Wildman–Crippen LogP) is 3.06. The second-order valence-corrected chi connectivity index (χ2v) is 5.03. The molecule has 0 fully saturated rings. The predicted molar refractivity (Wildman–Crippen MR) is 74.7 cm³/mol. The molecule has 3 rings (SSSR count). The molecule has 0 aliphatic rings. The van der Waals surface area contributed by atoms with Crippen molar-refractivity contribution in [2.75, 3.05) is 5.73 Å². The van der Waals surface area contributed by atoms with Gasteiger partial charge in [0.05, 0.1) is 5.51 Å². The number of hydrogen-bond acceptors (Lipinski definition) is 6. The van der Waals surface area contributed by atoms with E-state index in [1.165, 1.54) is 11.3 Å². The van der Waals surface area contributed by atoms with Gasteiger partial charge in [-0.15, -0.1) is 11.3 Å². The number of nitrogens with zero attached hydrogens (tertiary/aromatic N) is 3. The van der Waals surface area contributed by atoms with E-state index in [4.69, 9.17) is 10.3 Å². The first-order valence-electron chi connectivity index (χ1n) is 5.74. The van der Waals surface area contributed by atoms with Crippen molar-refractivity contribution in [3.05, 3.63) is 34.2 Å². The molecule has 2 aromatic heterocycles. The number of benzene rings is 1. The van der Waals surface area contributed by atoms with Crippen LogP contribution in [-0.4, -0.2) is 15.1 Å². The van der Waals surface area contributed by atoms with Crippen LogP contribution in [0.3, 0.4) is 0 Å². The van der Waals surface area contributed by atoms with Crippen molar-refractivity contribution in [2.24, 2.45) is 0 Å². The Morgan fingerprint density at radius 2 is 2.11 bits per heavy atom. The number of aryl methyl sites for hydroxylation is 1. The maximum Gasteiger partial charge on any atom is 0.258 e. The Kier molecular flexibility index (Phi) is 2.79. The molecule has 0 spiro atoms. The molecule has 0 aliphatic heterocycles. The molecule has 0 amide bonds. The lowest BCUT2D eigenvalue weighted by Crippen LogP contribution is -1.93. The Morgan fingerprint density at radius 1 is 1.26 bits per heavy atom. The first-order valence-corrected chi connectivity index (χ1v) is 6.69. The van der Waals surface area contributed by atoms with Crippen LogP contribution >= 0.6 is 11.3 Å². The van der Waals surface area contributed by atoms with Crippen molar-refractivity contribution < 1.29 is 4.52 Å². The minimum absolute atomic E-state index is 0.468. The Labute approximate surface area is 114 Å². The van der Waals surface area contributed by atoms with E-state index in [9.17, 15) is 0 Å². The molecule has 5 nitrogen and oxygen atoms in total. The summed E-state index contributed by atoms with van der Waals surface area (Å²) in [6.45, 7) is 4.02. The van der Waals surface area contributed by atoms with E-state index in [1.54, 1.807) is 5.51 Å². The number of aromatic nitrogens is 3. The lowest BCUT2D eigenvalue weighted by molar-refractivity contribution is 0.432. The van der Waals surface area contributed by atoms with Crippen molar-refractivity contribution in [1.29, 1.82) is 0 Å². The fourth-order valence-corrected chi connectivity index (χ4v) is 2.40. The zero-order valence-electron chi connectivity index (χ0n) is 10.5. The van der Waals surface area contributed by atoms with Crippen LogP contribution in [0, 0.1) is 13.8 Å². The zero-order valence-corrected chi connectivity index (χ0v) is 11.4. The fraction of sp³-hybridized carbons (Fsp3) is 0.154. The summed E-state index contributed by atoms with van der Waals surface area (Å²) in [5, 5.41) is 5.83. The number of hydrogen-bond donors (Lipinski definition) is 1. The lowest BCUT2D eigenvalue weighted by Gasteiger charge is -2.06. The minimum Gasteiger partial charge on any atom is -0.399 e. The van der Waals surface area contributed by atoms with E-state index >= 15 is 0 Å². The maximum absolute atomic E-state index is 5.87. The molecular formula is C13H12N4OS. The average molecular weight is 272 g/mol. The average Bonchev–Trinajstić information content (AvgIpc) is 3.03. The van der Waals surface area contributed by atoms with Gasteiger partial charge in [-0.3, -0.25) is 0 Å². The molecule has 2 heterocycles. The minimum atomic E-state index is 0.468. The number of anilines is 1. The summed E-state index contributed by atoms with van der Waals surface area (Å²) in [6, 6.07) is 3.78. The van der Waals surface area contributed by atoms with Crippen LogP contribution in [0.2, 0.25) is 0 Å². The van der Waals surface area contributed by atoms with Crippen LogP contribution in [0.4, 0.5) is 5.69 Å². The topological polar surface area (TPSA) is 77.8 Å². The normalized spacial score (nSPS) is 10.8. The van der Waals surface area contributed by atoms with E-state index in [1.807, 2.05) is 31.4 Å². The third kappa shape index (κ3) is 2.10. The highest BCUT2D eigenvalue weighted by Crippen LogP contribution is 2.28. The van der Waals surface area contributed by atoms with E-state index in [2.05, 4.69) is 15.1 Å². The molecule has 0 atom stereocenters. The number of rotatable bonds is 2. The first-order chi connectivity index (χ1) is 9.15. The summed E-state index contributed by atoms with van der Waals surface area (Å²) in [6.07, 6.45) is 0. The van der Waals surface area contributed by atoms with Gasteiger partial charge >= 0.3 is 0 Å². The van der Waals surface area contributed by atoms with E-state index in [-0.39, 0.29) is 0 Å². The standard InChI is InChI=1S/C13H12N4OS/c1-7-3-9(14)4-10(8(7)2)13-16-12(17-18-13)11-5-19-6-15-11/h3-6H,14H2,1-2H3. The zero-order chi connectivity index (χ0) is 13.4. The van der Waals surface area contributed by atoms with Gasteiger partial charge in [0.1, 0.15) is 5.69 Å². The third-order valence-electron chi connectivity index (χ3n) is 3.01. The number of nitrogen functional groups attached to an aromatic ring is 1. The molecule has 0 bridgehead atoms. The smallest absolute Gasteiger partial charge is 0.258 e. The molecule has 0 unspecified atom stereocenters. The SMILES string of the molecule is Cc1cc(N)cc(-c2nc(-c3cscn3)no2)c1C. The summed E-state index contributed by atoms with van der Waals surface area (Å²) < 4.78 is 5.31. The highest BCUT2D eigenvalue weighted by atomic mass is 32.1. The van der Waals surface area contributed by atoms with Gasteiger partial charge in [0.25, 0.3) is 5.89 Å². The molecule has 96 valence electrons. The summed E-state index contributed by atoms with van der Waals surface area (Å²) in [7, 11) is 0. The second kappa shape index (κ2) is 4.47. The van der Waals surface area contributed by atoms with Gasteiger partial charge in [0.2, 0.25) is 5.82 Å². The molecule has 19 heavy (non-hydrogen) atoms. The van der Waals surface area contributed by atoms with Crippen LogP contribution in [0.25, 0.3) is 23.0 Å². The van der Waals surface area contributed by atoms with Gasteiger partial charge in [-0.2, -0.15) is 4.98 Å². The first kappa shape index (κ1) is 11.9. The van der Waals surface area contributed by atoms with Crippen LogP contribution in [-0.2, 0) is 0 Å². The number of thiazole rings is 1. The third-order valence-corrected chi connectivity index (χ3v) is 3.59. The summed E-state index contributed by atoms with van der Waals surface area (Å²) in [5.41, 5.74) is 12.1. The van der Waals surface area contributed by atoms with Gasteiger partial charge in [-0.05, 0) is 37.1 Å². The highest BCUT2D eigenvalue weighted by Gasteiger charge is 2.15. The van der Waals surface area contributed by atoms with Crippen LogP contribution in [0.1, 0.15) is 11.1 Å². The maximum atomic E-state index is 5.87. The van der Waals surface area contributed by atoms with E-state index in [0.717, 1.165) is 22.4 Å². The van der Waals surface area contributed by atoms with Crippen LogP contribution in [0.5, 0.6) is 0 Å². The Morgan fingerprint density at radius 3 is 2.84 bits per heavy atom. The monoisotopic (exact) mass is 272 g/mol. The Balaban J connectivity index is 2.09. The van der Waals surface area contributed by atoms with Crippen molar-refractivity contribution in [2.45, 2.75) is 13.8 Å². The van der Waals surface area contributed by atoms with Gasteiger partial charge in [-0.25, -0.2) is 4.98 Å². The molecular weight excluding hydrogens is 260 g/mol. The molecule has 0 saturated carbocycles. The molecule has 1 aromatic carbocycles.